The maximum absolute atomic E-state index is 13.0. The number of hydrogen-bond acceptors (Lipinski definition) is 9. The first kappa shape index (κ1) is 44.5. The van der Waals surface area contributed by atoms with Gasteiger partial charge in [0, 0.05) is 11.8 Å². The minimum atomic E-state index is -0.471. The van der Waals surface area contributed by atoms with Crippen molar-refractivity contribution in [3.63, 3.8) is 0 Å². The Bertz CT molecular complexity index is 1670. The Labute approximate surface area is 340 Å². The Kier molecular flexibility index (Phi) is 21.7. The Hall–Kier alpha value is -4.24. The molecule has 8 nitrogen and oxygen atoms in total. The van der Waals surface area contributed by atoms with E-state index in [9.17, 15) is 4.79 Å². The van der Waals surface area contributed by atoms with E-state index < -0.39 is 5.97 Å². The van der Waals surface area contributed by atoms with Gasteiger partial charge in [0.15, 0.2) is 11.5 Å². The molecule has 56 heavy (non-hydrogen) atoms. The van der Waals surface area contributed by atoms with Gasteiger partial charge in [-0.15, -0.1) is 10.2 Å². The minimum absolute atomic E-state index is 0.324. The molecule has 0 N–H and O–H groups in total. The van der Waals surface area contributed by atoms with Crippen molar-refractivity contribution in [1.82, 2.24) is 10.2 Å². The van der Waals surface area contributed by atoms with E-state index in [0.717, 1.165) is 47.1 Å². The molecular formula is C47H65N3O5S. The summed E-state index contributed by atoms with van der Waals surface area (Å²) in [5.41, 5.74) is 2.17. The molecule has 0 atom stereocenters. The number of nitrogens with zero attached hydrogens (tertiary/aromatic N) is 3. The molecule has 0 aliphatic rings. The van der Waals surface area contributed by atoms with Crippen LogP contribution in [0.4, 0.5) is 5.13 Å². The van der Waals surface area contributed by atoms with Crippen molar-refractivity contribution in [1.29, 1.82) is 0 Å². The van der Waals surface area contributed by atoms with Gasteiger partial charge in [-0.05, 0) is 85.1 Å². The van der Waals surface area contributed by atoms with Crippen molar-refractivity contribution >= 4 is 28.7 Å². The van der Waals surface area contributed by atoms with Crippen LogP contribution in [-0.4, -0.2) is 42.7 Å². The number of carbonyl (C=O) groups excluding carboxylic acids is 1. The van der Waals surface area contributed by atoms with Crippen molar-refractivity contribution in [3.8, 4) is 33.6 Å². The van der Waals surface area contributed by atoms with E-state index in [1.54, 1.807) is 37.6 Å². The fraction of sp³-hybridized carbons (Fsp3) is 0.532. The molecule has 0 amide bonds. The average Bonchev–Trinajstić information content (AvgIpc) is 3.71. The van der Waals surface area contributed by atoms with Crippen molar-refractivity contribution in [2.24, 2.45) is 4.99 Å². The first-order valence-corrected chi connectivity index (χ1v) is 22.1. The zero-order chi connectivity index (χ0) is 39.5. The number of rotatable bonds is 30. The Balaban J connectivity index is 1.14. The molecule has 4 aromatic rings. The number of aromatic nitrogens is 2. The number of unbranched alkanes of at least 4 members (excludes halogenated alkanes) is 18. The first-order chi connectivity index (χ1) is 27.6. The number of esters is 1. The highest BCUT2D eigenvalue weighted by molar-refractivity contribution is 7.18. The van der Waals surface area contributed by atoms with E-state index in [1.807, 2.05) is 42.5 Å². The number of carbonyl (C=O) groups is 1. The third kappa shape index (κ3) is 17.3. The van der Waals surface area contributed by atoms with Gasteiger partial charge in [0.1, 0.15) is 16.5 Å². The summed E-state index contributed by atoms with van der Waals surface area (Å²) in [6.07, 6.45) is 27.7. The lowest BCUT2D eigenvalue weighted by atomic mass is 10.1. The van der Waals surface area contributed by atoms with Crippen LogP contribution in [0.2, 0.25) is 0 Å². The molecule has 0 bridgehead atoms. The molecule has 0 radical (unpaired) electrons. The summed E-state index contributed by atoms with van der Waals surface area (Å²) >= 11 is 1.41. The van der Waals surface area contributed by atoms with Crippen molar-refractivity contribution in [3.05, 3.63) is 77.9 Å². The third-order valence-electron chi connectivity index (χ3n) is 9.85. The summed E-state index contributed by atoms with van der Waals surface area (Å²) in [5.74, 6) is 1.89. The largest absolute Gasteiger partial charge is 0.494 e. The fourth-order valence-electron chi connectivity index (χ4n) is 6.46. The predicted octanol–water partition coefficient (Wildman–Crippen LogP) is 13.8. The molecule has 3 aromatic carbocycles. The maximum Gasteiger partial charge on any atom is 0.343 e. The molecule has 1 aromatic heterocycles. The zero-order valence-electron chi connectivity index (χ0n) is 34.3. The molecule has 0 spiro atoms. The van der Waals surface area contributed by atoms with Crippen LogP contribution in [0.5, 0.6) is 23.0 Å². The van der Waals surface area contributed by atoms with Gasteiger partial charge in [-0.1, -0.05) is 141 Å². The molecule has 0 fully saturated rings. The van der Waals surface area contributed by atoms with Crippen LogP contribution in [0, 0.1) is 0 Å². The van der Waals surface area contributed by atoms with Crippen molar-refractivity contribution in [2.75, 3.05) is 20.3 Å². The lowest BCUT2D eigenvalue weighted by Gasteiger charge is -2.10. The minimum Gasteiger partial charge on any atom is -0.494 e. The number of ether oxygens (including phenoxy) is 4. The summed E-state index contributed by atoms with van der Waals surface area (Å²) in [4.78, 5) is 17.5. The Morgan fingerprint density at radius 1 is 0.607 bits per heavy atom. The molecule has 0 aliphatic carbocycles. The van der Waals surface area contributed by atoms with Gasteiger partial charge >= 0.3 is 5.97 Å². The van der Waals surface area contributed by atoms with E-state index in [2.05, 4.69) is 29.0 Å². The topological polar surface area (TPSA) is 92.1 Å². The van der Waals surface area contributed by atoms with Gasteiger partial charge in [0.05, 0.1) is 25.9 Å². The number of hydrogen-bond donors (Lipinski definition) is 0. The molecular weight excluding hydrogens is 719 g/mol. The summed E-state index contributed by atoms with van der Waals surface area (Å²) in [5, 5.41) is 9.90. The first-order valence-electron chi connectivity index (χ1n) is 21.3. The summed E-state index contributed by atoms with van der Waals surface area (Å²) in [6.45, 7) is 5.94. The van der Waals surface area contributed by atoms with Gasteiger partial charge in [-0.25, -0.2) is 9.79 Å². The van der Waals surface area contributed by atoms with Gasteiger partial charge < -0.3 is 18.9 Å². The van der Waals surface area contributed by atoms with Crippen LogP contribution >= 0.6 is 11.3 Å². The monoisotopic (exact) mass is 783 g/mol. The van der Waals surface area contributed by atoms with Gasteiger partial charge in [-0.3, -0.25) is 0 Å². The second-order valence-corrected chi connectivity index (χ2v) is 15.5. The summed E-state index contributed by atoms with van der Waals surface area (Å²) < 4.78 is 23.1. The van der Waals surface area contributed by atoms with E-state index in [0.29, 0.717) is 28.8 Å². The number of aliphatic imine (C=N–C) groups is 1. The highest BCUT2D eigenvalue weighted by Crippen LogP contribution is 2.31. The van der Waals surface area contributed by atoms with Crippen LogP contribution in [0.3, 0.4) is 0 Å². The zero-order valence-corrected chi connectivity index (χ0v) is 35.1. The Morgan fingerprint density at radius 2 is 1.11 bits per heavy atom. The van der Waals surface area contributed by atoms with Crippen LogP contribution in [0.25, 0.3) is 10.6 Å². The third-order valence-corrected chi connectivity index (χ3v) is 10.7. The summed E-state index contributed by atoms with van der Waals surface area (Å²) in [7, 11) is 1.54. The van der Waals surface area contributed by atoms with Crippen LogP contribution in [0.15, 0.2) is 71.7 Å². The second-order valence-electron chi connectivity index (χ2n) is 14.6. The highest BCUT2D eigenvalue weighted by Gasteiger charge is 2.14. The molecule has 0 saturated heterocycles. The molecule has 0 saturated carbocycles. The van der Waals surface area contributed by atoms with E-state index in [-0.39, 0.29) is 0 Å². The van der Waals surface area contributed by atoms with E-state index in [1.165, 1.54) is 127 Å². The quantitative estimate of drug-likeness (QED) is 0.0225. The molecule has 1 heterocycles. The number of methoxy groups -OCH3 is 1. The molecule has 0 aliphatic heterocycles. The number of benzene rings is 3. The fourth-order valence-corrected chi connectivity index (χ4v) is 7.16. The second kappa shape index (κ2) is 27.4. The van der Waals surface area contributed by atoms with Gasteiger partial charge in [-0.2, -0.15) is 0 Å². The van der Waals surface area contributed by atoms with Gasteiger partial charge in [0.25, 0.3) is 0 Å². The molecule has 9 heteroatoms. The lowest BCUT2D eigenvalue weighted by Crippen LogP contribution is -2.09. The van der Waals surface area contributed by atoms with E-state index in [4.69, 9.17) is 18.9 Å². The van der Waals surface area contributed by atoms with Crippen LogP contribution in [-0.2, 0) is 0 Å². The van der Waals surface area contributed by atoms with Crippen molar-refractivity contribution < 1.29 is 23.7 Å². The van der Waals surface area contributed by atoms with Crippen LogP contribution in [0.1, 0.15) is 158 Å². The molecule has 0 unspecified atom stereocenters. The van der Waals surface area contributed by atoms with Gasteiger partial charge in [0.2, 0.25) is 5.13 Å². The SMILES string of the molecule is CCCCCCCCCCCCCCOc1ccc(C(=O)Oc2ccc(/C=N/c3nnc(-c4ccc(OCCCCCCCCCC)cc4)s3)cc2OC)cc1. The smallest absolute Gasteiger partial charge is 0.343 e. The average molecular weight is 784 g/mol. The normalized spacial score (nSPS) is 11.3. The Morgan fingerprint density at radius 3 is 1.62 bits per heavy atom. The molecule has 304 valence electrons. The van der Waals surface area contributed by atoms with Crippen molar-refractivity contribution in [2.45, 2.75) is 142 Å². The highest BCUT2D eigenvalue weighted by atomic mass is 32.1. The standard InChI is InChI=1S/C47H65N3O5S/c1-4-6-8-10-12-14-15-16-17-19-21-23-35-54-42-31-27-40(28-32-42)46(51)55-43-33-24-38(36-44(43)52-3)37-48-47-50-49-45(56-47)39-25-29-41(30-26-39)53-34-22-20-18-13-11-9-7-5-2/h24-33,36-37H,4-23,34-35H2,1-3H3/b48-37+. The lowest BCUT2D eigenvalue weighted by molar-refractivity contribution is 0.0729. The van der Waals surface area contributed by atoms with Crippen LogP contribution < -0.4 is 18.9 Å². The molecule has 4 rings (SSSR count). The predicted molar refractivity (Wildman–Crippen MR) is 232 cm³/mol. The van der Waals surface area contributed by atoms with E-state index >= 15 is 0 Å². The maximum atomic E-state index is 13.0. The summed E-state index contributed by atoms with van der Waals surface area (Å²) in [6, 6.07) is 20.3.